The molecule has 1 aliphatic rings. The van der Waals surface area contributed by atoms with Crippen molar-refractivity contribution in [3.05, 3.63) is 71.3 Å². The van der Waals surface area contributed by atoms with Crippen LogP contribution in [-0.4, -0.2) is 11.9 Å². The standard InChI is InChI=1S/C26H34N2/c1-6-9-21(7-2)24-18-25(24)27-26(8-3)28(22-14-10-19(4)11-15-22)23-16-12-20(5)13-17-23/h9-17,24-25H,6-8,18H2,1-5H3/b21-9+,27-26?. The molecule has 1 fully saturated rings. The summed E-state index contributed by atoms with van der Waals surface area (Å²) >= 11 is 0. The number of allylic oxidation sites excluding steroid dienone is 1. The Kier molecular flexibility index (Phi) is 6.72. The minimum absolute atomic E-state index is 0.436. The Morgan fingerprint density at radius 2 is 1.43 bits per heavy atom. The van der Waals surface area contributed by atoms with Gasteiger partial charge in [0.05, 0.1) is 6.04 Å². The summed E-state index contributed by atoms with van der Waals surface area (Å²) in [4.78, 5) is 7.58. The molecular formula is C26H34N2. The fourth-order valence-electron chi connectivity index (χ4n) is 3.88. The molecule has 2 aromatic rings. The lowest BCUT2D eigenvalue weighted by molar-refractivity contribution is 0.846. The molecule has 148 valence electrons. The molecule has 1 saturated carbocycles. The number of anilines is 2. The Bertz CT molecular complexity index is 782. The summed E-state index contributed by atoms with van der Waals surface area (Å²) in [6, 6.07) is 18.0. The zero-order chi connectivity index (χ0) is 20.1. The maximum Gasteiger partial charge on any atom is 0.108 e. The summed E-state index contributed by atoms with van der Waals surface area (Å²) in [7, 11) is 0. The number of rotatable bonds is 7. The quantitative estimate of drug-likeness (QED) is 0.280. The molecule has 0 radical (unpaired) electrons. The van der Waals surface area contributed by atoms with Crippen LogP contribution >= 0.6 is 0 Å². The number of nitrogens with zero attached hydrogens (tertiary/aromatic N) is 2. The number of hydrogen-bond acceptors (Lipinski definition) is 1. The van der Waals surface area contributed by atoms with Gasteiger partial charge >= 0.3 is 0 Å². The lowest BCUT2D eigenvalue weighted by Crippen LogP contribution is -2.26. The van der Waals surface area contributed by atoms with E-state index in [-0.39, 0.29) is 0 Å². The second-order valence-corrected chi connectivity index (χ2v) is 7.86. The third-order valence-corrected chi connectivity index (χ3v) is 5.58. The van der Waals surface area contributed by atoms with E-state index in [9.17, 15) is 0 Å². The van der Waals surface area contributed by atoms with E-state index >= 15 is 0 Å². The van der Waals surface area contributed by atoms with Gasteiger partial charge in [-0.3, -0.25) is 9.89 Å². The molecule has 0 N–H and O–H groups in total. The maximum absolute atomic E-state index is 5.24. The van der Waals surface area contributed by atoms with Gasteiger partial charge in [0, 0.05) is 23.7 Å². The predicted octanol–water partition coefficient (Wildman–Crippen LogP) is 7.38. The molecule has 0 saturated heterocycles. The topological polar surface area (TPSA) is 15.6 Å². The molecule has 0 amide bonds. The summed E-state index contributed by atoms with van der Waals surface area (Å²) in [5.41, 5.74) is 6.52. The molecule has 0 heterocycles. The lowest BCUT2D eigenvalue weighted by Gasteiger charge is -2.26. The molecule has 0 spiro atoms. The fourth-order valence-corrected chi connectivity index (χ4v) is 3.88. The van der Waals surface area contributed by atoms with Crippen molar-refractivity contribution in [3.8, 4) is 0 Å². The van der Waals surface area contributed by atoms with Gasteiger partial charge in [-0.2, -0.15) is 0 Å². The average Bonchev–Trinajstić information content (AvgIpc) is 3.47. The third kappa shape index (κ3) is 4.73. The SMILES string of the molecule is CC/C=C(\CC)C1CC1N=C(CC)N(c1ccc(C)cc1)c1ccc(C)cc1. The van der Waals surface area contributed by atoms with Gasteiger partial charge in [-0.05, 0) is 57.4 Å². The van der Waals surface area contributed by atoms with E-state index in [1.807, 2.05) is 0 Å². The molecule has 2 nitrogen and oxygen atoms in total. The molecule has 2 atom stereocenters. The van der Waals surface area contributed by atoms with E-state index < -0.39 is 0 Å². The van der Waals surface area contributed by atoms with Crippen molar-refractivity contribution in [2.24, 2.45) is 10.9 Å². The minimum Gasteiger partial charge on any atom is -0.299 e. The Hall–Kier alpha value is -2.35. The highest BCUT2D eigenvalue weighted by atomic mass is 15.2. The Morgan fingerprint density at radius 1 is 0.893 bits per heavy atom. The van der Waals surface area contributed by atoms with Crippen LogP contribution < -0.4 is 4.90 Å². The van der Waals surface area contributed by atoms with Crippen LogP contribution in [0.1, 0.15) is 57.6 Å². The summed E-state index contributed by atoms with van der Waals surface area (Å²) in [5.74, 6) is 1.80. The van der Waals surface area contributed by atoms with Crippen molar-refractivity contribution in [2.45, 2.75) is 66.3 Å². The van der Waals surface area contributed by atoms with Crippen LogP contribution in [0.2, 0.25) is 0 Å². The number of benzene rings is 2. The van der Waals surface area contributed by atoms with Crippen molar-refractivity contribution in [2.75, 3.05) is 4.90 Å². The van der Waals surface area contributed by atoms with Crippen molar-refractivity contribution in [1.29, 1.82) is 0 Å². The first-order valence-electron chi connectivity index (χ1n) is 10.8. The molecule has 2 heteroatoms. The highest BCUT2D eigenvalue weighted by Gasteiger charge is 2.39. The van der Waals surface area contributed by atoms with Gasteiger partial charge in [-0.25, -0.2) is 0 Å². The van der Waals surface area contributed by atoms with Gasteiger partial charge in [0.2, 0.25) is 0 Å². The van der Waals surface area contributed by atoms with Crippen LogP contribution in [0.5, 0.6) is 0 Å². The van der Waals surface area contributed by atoms with Gasteiger partial charge < -0.3 is 0 Å². The van der Waals surface area contributed by atoms with E-state index in [0.717, 1.165) is 25.1 Å². The number of aliphatic imine (C=N–C) groups is 1. The summed E-state index contributed by atoms with van der Waals surface area (Å²) < 4.78 is 0. The molecule has 0 bridgehead atoms. The van der Waals surface area contributed by atoms with Crippen molar-refractivity contribution < 1.29 is 0 Å². The molecule has 0 aromatic heterocycles. The molecule has 1 aliphatic carbocycles. The second kappa shape index (κ2) is 9.23. The highest BCUT2D eigenvalue weighted by Crippen LogP contribution is 2.42. The van der Waals surface area contributed by atoms with E-state index in [1.165, 1.54) is 28.9 Å². The van der Waals surface area contributed by atoms with E-state index in [0.29, 0.717) is 12.0 Å². The van der Waals surface area contributed by atoms with Crippen LogP contribution in [0.3, 0.4) is 0 Å². The highest BCUT2D eigenvalue weighted by molar-refractivity contribution is 6.04. The van der Waals surface area contributed by atoms with Gasteiger partial charge in [0.1, 0.15) is 5.84 Å². The number of hydrogen-bond donors (Lipinski definition) is 0. The third-order valence-electron chi connectivity index (χ3n) is 5.58. The van der Waals surface area contributed by atoms with Gasteiger partial charge in [0.25, 0.3) is 0 Å². The largest absolute Gasteiger partial charge is 0.299 e. The molecule has 0 aliphatic heterocycles. The zero-order valence-corrected chi connectivity index (χ0v) is 18.1. The Morgan fingerprint density at radius 3 is 1.86 bits per heavy atom. The van der Waals surface area contributed by atoms with E-state index in [4.69, 9.17) is 4.99 Å². The maximum atomic E-state index is 5.24. The van der Waals surface area contributed by atoms with Crippen molar-refractivity contribution in [3.63, 3.8) is 0 Å². The first-order valence-corrected chi connectivity index (χ1v) is 10.8. The average molecular weight is 375 g/mol. The van der Waals surface area contributed by atoms with Crippen LogP contribution in [-0.2, 0) is 0 Å². The normalized spacial score (nSPS) is 19.6. The Labute approximate surface area is 171 Å². The molecule has 2 aromatic carbocycles. The predicted molar refractivity (Wildman–Crippen MR) is 123 cm³/mol. The van der Waals surface area contributed by atoms with Crippen molar-refractivity contribution >= 4 is 17.2 Å². The van der Waals surface area contributed by atoms with Crippen molar-refractivity contribution in [1.82, 2.24) is 0 Å². The molecular weight excluding hydrogens is 340 g/mol. The zero-order valence-electron chi connectivity index (χ0n) is 18.1. The smallest absolute Gasteiger partial charge is 0.108 e. The van der Waals surface area contributed by atoms with Crippen LogP contribution in [0.4, 0.5) is 11.4 Å². The first kappa shape index (κ1) is 20.4. The van der Waals surface area contributed by atoms with E-state index in [2.05, 4.69) is 94.1 Å². The van der Waals surface area contributed by atoms with Crippen LogP contribution in [0.15, 0.2) is 65.2 Å². The number of aryl methyl sites for hydroxylation is 2. The summed E-state index contributed by atoms with van der Waals surface area (Å²) in [5, 5.41) is 0. The molecule has 28 heavy (non-hydrogen) atoms. The fraction of sp³-hybridized carbons (Fsp3) is 0.423. The van der Waals surface area contributed by atoms with Gasteiger partial charge in [-0.1, -0.05) is 67.8 Å². The monoisotopic (exact) mass is 374 g/mol. The molecule has 2 unspecified atom stereocenters. The summed E-state index contributed by atoms with van der Waals surface area (Å²) in [6.07, 6.45) is 6.79. The molecule has 3 rings (SSSR count). The van der Waals surface area contributed by atoms with Crippen LogP contribution in [0.25, 0.3) is 0 Å². The van der Waals surface area contributed by atoms with Crippen LogP contribution in [0, 0.1) is 19.8 Å². The van der Waals surface area contributed by atoms with Gasteiger partial charge in [0.15, 0.2) is 0 Å². The second-order valence-electron chi connectivity index (χ2n) is 7.86. The first-order chi connectivity index (χ1) is 13.6. The summed E-state index contributed by atoms with van der Waals surface area (Å²) in [6.45, 7) is 11.0. The van der Waals surface area contributed by atoms with E-state index in [1.54, 1.807) is 5.57 Å². The Balaban J connectivity index is 1.95. The lowest BCUT2D eigenvalue weighted by atomic mass is 10.1. The van der Waals surface area contributed by atoms with Gasteiger partial charge in [-0.15, -0.1) is 0 Å². The minimum atomic E-state index is 0.436. The number of amidine groups is 1.